The summed E-state index contributed by atoms with van der Waals surface area (Å²) in [5.41, 5.74) is 6.05. The number of carbonyl (C=O) groups excluding carboxylic acids is 1. The predicted molar refractivity (Wildman–Crippen MR) is 114 cm³/mol. The number of nitrogens with zero attached hydrogens (tertiary/aromatic N) is 1. The van der Waals surface area contributed by atoms with E-state index in [0.717, 1.165) is 51.3 Å². The second-order valence-electron chi connectivity index (χ2n) is 7.96. The molecule has 5 nitrogen and oxygen atoms in total. The number of hydrogen-bond donors (Lipinski definition) is 1. The Hall–Kier alpha value is -2.21. The normalized spacial score (nSPS) is 17.4. The van der Waals surface area contributed by atoms with Crippen molar-refractivity contribution in [3.63, 3.8) is 0 Å². The van der Waals surface area contributed by atoms with Crippen molar-refractivity contribution in [1.82, 2.24) is 5.32 Å². The Morgan fingerprint density at radius 2 is 1.69 bits per heavy atom. The second kappa shape index (κ2) is 9.53. The third-order valence-electron chi connectivity index (χ3n) is 5.82. The van der Waals surface area contributed by atoms with E-state index in [9.17, 15) is 4.79 Å². The number of aryl methyl sites for hydroxylation is 1. The molecule has 0 radical (unpaired) electrons. The van der Waals surface area contributed by atoms with Gasteiger partial charge in [0.15, 0.2) is 0 Å². The van der Waals surface area contributed by atoms with Crippen molar-refractivity contribution >= 4 is 11.6 Å². The molecule has 29 heavy (non-hydrogen) atoms. The molecule has 2 heterocycles. The zero-order valence-corrected chi connectivity index (χ0v) is 17.2. The van der Waals surface area contributed by atoms with Crippen LogP contribution in [0.25, 0.3) is 0 Å². The zero-order chi connectivity index (χ0) is 20.1. The van der Waals surface area contributed by atoms with Crippen LogP contribution in [-0.2, 0) is 40.4 Å². The van der Waals surface area contributed by atoms with Crippen LogP contribution in [0.4, 0.5) is 5.69 Å². The fourth-order valence-electron chi connectivity index (χ4n) is 3.98. The van der Waals surface area contributed by atoms with Crippen LogP contribution in [-0.4, -0.2) is 32.3 Å². The maximum absolute atomic E-state index is 11.8. The third kappa shape index (κ3) is 5.24. The van der Waals surface area contributed by atoms with Gasteiger partial charge in [-0.15, -0.1) is 0 Å². The average Bonchev–Trinajstić information content (AvgIpc) is 2.76. The molecule has 0 saturated carbocycles. The monoisotopic (exact) mass is 394 g/mol. The van der Waals surface area contributed by atoms with Gasteiger partial charge in [-0.2, -0.15) is 0 Å². The highest BCUT2D eigenvalue weighted by molar-refractivity contribution is 5.95. The van der Waals surface area contributed by atoms with Crippen molar-refractivity contribution in [2.45, 2.75) is 51.5 Å². The summed E-state index contributed by atoms with van der Waals surface area (Å²) in [4.78, 5) is 13.6. The lowest BCUT2D eigenvalue weighted by Crippen LogP contribution is -2.31. The van der Waals surface area contributed by atoms with Gasteiger partial charge in [-0.3, -0.25) is 4.79 Å². The van der Waals surface area contributed by atoms with Crippen molar-refractivity contribution in [2.75, 3.05) is 25.2 Å². The summed E-state index contributed by atoms with van der Waals surface area (Å²) in [5, 5.41) is 3.52. The smallest absolute Gasteiger partial charge is 0.227 e. The first kappa shape index (κ1) is 20.1. The van der Waals surface area contributed by atoms with Crippen LogP contribution in [0, 0.1) is 0 Å². The standard InChI is InChI=1S/C24H30N2O3/c1-26-23-8-6-20(14-21(23)7-9-24(26)27)16-25-15-18-2-4-19(5-3-18)17-29-22-10-12-28-13-11-22/h2-6,8,14,22,25H,7,9-13,15-17H2,1H3. The quantitative estimate of drug-likeness (QED) is 0.780. The topological polar surface area (TPSA) is 50.8 Å². The van der Waals surface area contributed by atoms with Crippen molar-refractivity contribution in [2.24, 2.45) is 0 Å². The molecule has 1 amide bonds. The van der Waals surface area contributed by atoms with Gasteiger partial charge in [-0.05, 0) is 47.6 Å². The van der Waals surface area contributed by atoms with Gasteiger partial charge >= 0.3 is 0 Å². The molecule has 0 unspecified atom stereocenters. The van der Waals surface area contributed by atoms with Gasteiger partial charge in [0.1, 0.15) is 0 Å². The lowest BCUT2D eigenvalue weighted by atomic mass is 9.99. The lowest BCUT2D eigenvalue weighted by molar-refractivity contribution is -0.118. The SMILES string of the molecule is CN1C(=O)CCc2cc(CNCc3ccc(COC4CCOCC4)cc3)ccc21. The molecule has 0 aliphatic carbocycles. The summed E-state index contributed by atoms with van der Waals surface area (Å²) in [7, 11) is 1.86. The number of nitrogens with one attached hydrogen (secondary N) is 1. The molecule has 1 N–H and O–H groups in total. The van der Waals surface area contributed by atoms with E-state index in [1.54, 1.807) is 4.90 Å². The molecule has 2 aromatic carbocycles. The van der Waals surface area contributed by atoms with Crippen LogP contribution in [0.1, 0.15) is 41.5 Å². The van der Waals surface area contributed by atoms with Crippen LogP contribution < -0.4 is 10.2 Å². The minimum absolute atomic E-state index is 0.199. The summed E-state index contributed by atoms with van der Waals surface area (Å²) >= 11 is 0. The van der Waals surface area contributed by atoms with Crippen LogP contribution in [0.2, 0.25) is 0 Å². The summed E-state index contributed by atoms with van der Waals surface area (Å²) < 4.78 is 11.4. The molecule has 2 aliphatic rings. The van der Waals surface area contributed by atoms with Crippen molar-refractivity contribution in [3.05, 3.63) is 64.7 Å². The zero-order valence-electron chi connectivity index (χ0n) is 17.2. The van der Waals surface area contributed by atoms with Crippen LogP contribution in [0.3, 0.4) is 0 Å². The first-order valence-electron chi connectivity index (χ1n) is 10.6. The van der Waals surface area contributed by atoms with E-state index in [1.807, 2.05) is 7.05 Å². The molecule has 5 heteroatoms. The number of benzene rings is 2. The molecule has 0 aromatic heterocycles. The Labute approximate surface area is 173 Å². The minimum Gasteiger partial charge on any atom is -0.381 e. The van der Waals surface area contributed by atoms with Gasteiger partial charge in [-0.1, -0.05) is 36.4 Å². The maximum atomic E-state index is 11.8. The number of fused-ring (bicyclic) bond motifs is 1. The fraction of sp³-hybridized carbons (Fsp3) is 0.458. The minimum atomic E-state index is 0.199. The highest BCUT2D eigenvalue weighted by atomic mass is 16.5. The van der Waals surface area contributed by atoms with Crippen molar-refractivity contribution in [3.8, 4) is 0 Å². The van der Waals surface area contributed by atoms with E-state index in [-0.39, 0.29) is 5.91 Å². The highest BCUT2D eigenvalue weighted by Crippen LogP contribution is 2.27. The molecule has 2 aromatic rings. The van der Waals surface area contributed by atoms with Gasteiger partial charge in [0.2, 0.25) is 5.91 Å². The summed E-state index contributed by atoms with van der Waals surface area (Å²) in [6.07, 6.45) is 3.77. The van der Waals surface area contributed by atoms with E-state index >= 15 is 0 Å². The number of rotatable bonds is 7. The fourth-order valence-corrected chi connectivity index (χ4v) is 3.98. The van der Waals surface area contributed by atoms with E-state index in [1.165, 1.54) is 22.3 Å². The Morgan fingerprint density at radius 1 is 1.00 bits per heavy atom. The van der Waals surface area contributed by atoms with Crippen LogP contribution in [0.5, 0.6) is 0 Å². The van der Waals surface area contributed by atoms with Gasteiger partial charge < -0.3 is 19.7 Å². The molecule has 2 aliphatic heterocycles. The molecule has 0 atom stereocenters. The van der Waals surface area contributed by atoms with Gasteiger partial charge in [-0.25, -0.2) is 0 Å². The Morgan fingerprint density at radius 3 is 2.48 bits per heavy atom. The van der Waals surface area contributed by atoms with Gasteiger partial charge in [0.05, 0.1) is 12.7 Å². The number of carbonyl (C=O) groups is 1. The molecule has 1 fully saturated rings. The number of ether oxygens (including phenoxy) is 2. The Balaban J connectivity index is 1.24. The third-order valence-corrected chi connectivity index (χ3v) is 5.82. The number of amides is 1. The van der Waals surface area contributed by atoms with Crippen molar-refractivity contribution in [1.29, 1.82) is 0 Å². The Kier molecular flexibility index (Phi) is 6.60. The number of hydrogen-bond acceptors (Lipinski definition) is 4. The van der Waals surface area contributed by atoms with Gasteiger partial charge in [0, 0.05) is 45.5 Å². The lowest BCUT2D eigenvalue weighted by Gasteiger charge is -2.26. The summed E-state index contributed by atoms with van der Waals surface area (Å²) in [5.74, 6) is 0.199. The van der Waals surface area contributed by atoms with Crippen LogP contribution >= 0.6 is 0 Å². The summed E-state index contributed by atoms with van der Waals surface area (Å²) in [6.45, 7) is 3.95. The van der Waals surface area contributed by atoms with Gasteiger partial charge in [0.25, 0.3) is 0 Å². The predicted octanol–water partition coefficient (Wildman–Crippen LogP) is 3.58. The maximum Gasteiger partial charge on any atom is 0.227 e. The van der Waals surface area contributed by atoms with Crippen LogP contribution in [0.15, 0.2) is 42.5 Å². The first-order valence-corrected chi connectivity index (χ1v) is 10.6. The summed E-state index contributed by atoms with van der Waals surface area (Å²) in [6, 6.07) is 15.0. The van der Waals surface area contributed by atoms with E-state index in [2.05, 4.69) is 47.8 Å². The van der Waals surface area contributed by atoms with Crippen molar-refractivity contribution < 1.29 is 14.3 Å². The molecule has 154 valence electrons. The van der Waals surface area contributed by atoms with E-state index < -0.39 is 0 Å². The molecule has 4 rings (SSSR count). The molecular formula is C24H30N2O3. The molecule has 0 bridgehead atoms. The molecular weight excluding hydrogens is 364 g/mol. The van der Waals surface area contributed by atoms with E-state index in [4.69, 9.17) is 9.47 Å². The Bertz CT molecular complexity index is 829. The number of anilines is 1. The molecule has 0 spiro atoms. The highest BCUT2D eigenvalue weighted by Gasteiger charge is 2.20. The second-order valence-corrected chi connectivity index (χ2v) is 7.96. The largest absolute Gasteiger partial charge is 0.381 e. The molecule has 1 saturated heterocycles. The average molecular weight is 395 g/mol. The first-order chi connectivity index (χ1) is 14.2. The van der Waals surface area contributed by atoms with E-state index in [0.29, 0.717) is 19.1 Å².